The molecular weight excluding hydrogens is 260 g/mol. The lowest BCUT2D eigenvalue weighted by molar-refractivity contribution is -0.267. The van der Waals surface area contributed by atoms with Crippen LogP contribution in [0.25, 0.3) is 0 Å². The predicted octanol–water partition coefficient (Wildman–Crippen LogP) is 3.86. The topological polar surface area (TPSA) is 55.8 Å². The molecule has 0 aliphatic heterocycles. The summed E-state index contributed by atoms with van der Waals surface area (Å²) in [4.78, 5) is 16.1. The summed E-state index contributed by atoms with van der Waals surface area (Å²) in [5.41, 5.74) is 0.00262. The lowest BCUT2D eigenvalue weighted by Crippen LogP contribution is -2.38. The van der Waals surface area contributed by atoms with Crippen LogP contribution in [0.3, 0.4) is 0 Å². The van der Waals surface area contributed by atoms with Crippen LogP contribution in [-0.4, -0.2) is 32.5 Å². The van der Waals surface area contributed by atoms with E-state index in [0.29, 0.717) is 0 Å². The molecule has 2 unspecified atom stereocenters. The normalized spacial score (nSPS) is 15.5. The van der Waals surface area contributed by atoms with E-state index in [1.807, 2.05) is 12.2 Å². The Hall–Kier alpha value is -0.653. The molecule has 0 bridgehead atoms. The van der Waals surface area contributed by atoms with Gasteiger partial charge in [0.05, 0.1) is 15.2 Å². The van der Waals surface area contributed by atoms with Gasteiger partial charge in [0.2, 0.25) is 0 Å². The minimum absolute atomic E-state index is 0.00262. The van der Waals surface area contributed by atoms with Crippen LogP contribution >= 0.6 is 0 Å². The molecular formula is C14H28O4Si. The largest absolute Gasteiger partial charge is 0.469 e. The smallest absolute Gasteiger partial charge is 0.305 e. The molecule has 112 valence electrons. The first kappa shape index (κ1) is 18.3. The summed E-state index contributed by atoms with van der Waals surface area (Å²) < 4.78 is 4.74. The van der Waals surface area contributed by atoms with Gasteiger partial charge in [-0.1, -0.05) is 51.6 Å². The molecule has 4 nitrogen and oxygen atoms in total. The highest BCUT2D eigenvalue weighted by Gasteiger charge is 2.35. The van der Waals surface area contributed by atoms with Gasteiger partial charge in [0.15, 0.2) is 0 Å². The Bertz CT molecular complexity index is 284. The number of allylic oxidation sites excluding steroid dienone is 1. The van der Waals surface area contributed by atoms with Crippen LogP contribution in [0.4, 0.5) is 0 Å². The Labute approximate surface area is 117 Å². The van der Waals surface area contributed by atoms with E-state index in [2.05, 4.69) is 31.5 Å². The fourth-order valence-electron chi connectivity index (χ4n) is 1.97. The van der Waals surface area contributed by atoms with Gasteiger partial charge in [-0.3, -0.25) is 10.1 Å². The maximum Gasteiger partial charge on any atom is 0.305 e. The summed E-state index contributed by atoms with van der Waals surface area (Å²) in [6, 6.07) is 0. The summed E-state index contributed by atoms with van der Waals surface area (Å²) >= 11 is 0. The summed E-state index contributed by atoms with van der Waals surface area (Å²) in [6.45, 7) is 8.61. The van der Waals surface area contributed by atoms with Gasteiger partial charge >= 0.3 is 5.97 Å². The molecule has 0 spiro atoms. The molecule has 2 atom stereocenters. The molecule has 0 heterocycles. The predicted molar refractivity (Wildman–Crippen MR) is 79.9 cm³/mol. The van der Waals surface area contributed by atoms with Gasteiger partial charge in [-0.25, -0.2) is 4.89 Å². The third-order valence-electron chi connectivity index (χ3n) is 3.30. The van der Waals surface area contributed by atoms with Crippen molar-refractivity contribution in [2.45, 2.75) is 63.9 Å². The number of ether oxygens (including phenoxy) is 1. The fourth-order valence-corrected chi connectivity index (χ4v) is 3.91. The van der Waals surface area contributed by atoms with Crippen LogP contribution in [0.2, 0.25) is 25.2 Å². The number of hydrogen-bond acceptors (Lipinski definition) is 4. The molecule has 0 fully saturated rings. The molecule has 0 rings (SSSR count). The molecule has 0 aromatic carbocycles. The minimum atomic E-state index is -1.66. The zero-order chi connectivity index (χ0) is 14.9. The minimum Gasteiger partial charge on any atom is -0.469 e. The van der Waals surface area contributed by atoms with Crippen LogP contribution in [0.15, 0.2) is 12.2 Å². The van der Waals surface area contributed by atoms with Gasteiger partial charge in [-0.2, -0.15) is 0 Å². The van der Waals surface area contributed by atoms with Gasteiger partial charge in [0.1, 0.15) is 6.10 Å². The average molecular weight is 288 g/mol. The Morgan fingerprint density at radius 1 is 1.37 bits per heavy atom. The summed E-state index contributed by atoms with van der Waals surface area (Å²) in [6.07, 6.45) is 6.97. The molecule has 0 aliphatic rings. The first-order valence-electron chi connectivity index (χ1n) is 6.90. The van der Waals surface area contributed by atoms with Crippen LogP contribution < -0.4 is 0 Å². The van der Waals surface area contributed by atoms with Crippen molar-refractivity contribution in [1.29, 1.82) is 0 Å². The van der Waals surface area contributed by atoms with Crippen molar-refractivity contribution in [1.82, 2.24) is 0 Å². The first-order valence-corrected chi connectivity index (χ1v) is 10.5. The van der Waals surface area contributed by atoms with Gasteiger partial charge in [-0.05, 0) is 12.0 Å². The Balaban J connectivity index is 4.78. The monoisotopic (exact) mass is 288 g/mol. The lowest BCUT2D eigenvalue weighted by Gasteiger charge is -2.31. The molecule has 5 heteroatoms. The third kappa shape index (κ3) is 7.50. The summed E-state index contributed by atoms with van der Waals surface area (Å²) in [5.74, 6) is -0.253. The second-order valence-corrected chi connectivity index (χ2v) is 11.4. The highest BCUT2D eigenvalue weighted by Crippen LogP contribution is 2.32. The van der Waals surface area contributed by atoms with Crippen molar-refractivity contribution in [3.05, 3.63) is 12.2 Å². The van der Waals surface area contributed by atoms with Crippen molar-refractivity contribution in [2.24, 2.45) is 0 Å². The van der Waals surface area contributed by atoms with Crippen molar-refractivity contribution in [3.63, 3.8) is 0 Å². The number of unbranched alkanes of at least 4 members (excludes halogenated alkanes) is 2. The van der Waals surface area contributed by atoms with Crippen molar-refractivity contribution in [3.8, 4) is 0 Å². The third-order valence-corrected chi connectivity index (χ3v) is 6.05. The summed E-state index contributed by atoms with van der Waals surface area (Å²) in [5, 5.41) is 9.12. The van der Waals surface area contributed by atoms with E-state index in [1.54, 1.807) is 0 Å². The average Bonchev–Trinajstić information content (AvgIpc) is 2.35. The number of methoxy groups -OCH3 is 1. The van der Waals surface area contributed by atoms with Gasteiger partial charge < -0.3 is 4.74 Å². The summed E-state index contributed by atoms with van der Waals surface area (Å²) in [7, 11) is -0.271. The molecule has 0 aromatic rings. The molecule has 1 N–H and O–H groups in total. The number of carbonyl (C=O) groups excluding carboxylic acids is 1. The molecule has 0 radical (unpaired) electrons. The van der Waals surface area contributed by atoms with Crippen molar-refractivity contribution >= 4 is 14.0 Å². The van der Waals surface area contributed by atoms with E-state index in [9.17, 15) is 4.79 Å². The van der Waals surface area contributed by atoms with Crippen LogP contribution in [0, 0.1) is 0 Å². The zero-order valence-electron chi connectivity index (χ0n) is 12.8. The molecule has 0 amide bonds. The number of hydrogen-bond donors (Lipinski definition) is 1. The maximum absolute atomic E-state index is 11.5. The van der Waals surface area contributed by atoms with E-state index in [1.165, 1.54) is 7.11 Å². The van der Waals surface area contributed by atoms with Crippen molar-refractivity contribution < 1.29 is 19.7 Å². The number of esters is 1. The van der Waals surface area contributed by atoms with Crippen LogP contribution in [-0.2, 0) is 14.4 Å². The Morgan fingerprint density at radius 2 is 2.00 bits per heavy atom. The first-order chi connectivity index (χ1) is 8.86. The highest BCUT2D eigenvalue weighted by molar-refractivity contribution is 6.77. The second kappa shape index (κ2) is 9.28. The van der Waals surface area contributed by atoms with E-state index in [0.717, 1.165) is 19.3 Å². The van der Waals surface area contributed by atoms with E-state index in [4.69, 9.17) is 9.99 Å². The van der Waals surface area contributed by atoms with E-state index < -0.39 is 14.2 Å². The number of carbonyl (C=O) groups is 1. The lowest BCUT2D eigenvalue weighted by atomic mass is 10.1. The molecule has 0 aliphatic carbocycles. The standard InChI is InChI=1S/C14H28O4Si/c1-6-7-8-9-10-12(18-16)13(19(3,4)5)11-14(15)17-2/h9-10,12-13,16H,6-8,11H2,1-5H3/b10-9+. The highest BCUT2D eigenvalue weighted by atomic mass is 28.3. The molecule has 0 saturated heterocycles. The second-order valence-electron chi connectivity index (χ2n) is 5.89. The van der Waals surface area contributed by atoms with Crippen LogP contribution in [0.1, 0.15) is 32.6 Å². The quantitative estimate of drug-likeness (QED) is 0.175. The number of rotatable bonds is 9. The molecule has 0 aromatic heterocycles. The van der Waals surface area contributed by atoms with Gasteiger partial charge in [-0.15, -0.1) is 0 Å². The van der Waals surface area contributed by atoms with E-state index >= 15 is 0 Å². The molecule has 0 saturated carbocycles. The Kier molecular flexibility index (Phi) is 8.96. The van der Waals surface area contributed by atoms with Crippen molar-refractivity contribution in [2.75, 3.05) is 7.11 Å². The van der Waals surface area contributed by atoms with Gasteiger partial charge in [0.25, 0.3) is 0 Å². The molecule has 19 heavy (non-hydrogen) atoms. The zero-order valence-corrected chi connectivity index (χ0v) is 13.8. The van der Waals surface area contributed by atoms with Crippen LogP contribution in [0.5, 0.6) is 0 Å². The van der Waals surface area contributed by atoms with Gasteiger partial charge in [0, 0.05) is 6.42 Å². The fraction of sp³-hybridized carbons (Fsp3) is 0.786. The Morgan fingerprint density at radius 3 is 2.42 bits per heavy atom. The maximum atomic E-state index is 11.5. The SMILES string of the molecule is CCCC/C=C/C(OO)C(CC(=O)OC)[Si](C)(C)C. The van der Waals surface area contributed by atoms with E-state index in [-0.39, 0.29) is 17.9 Å².